The first-order valence-electron chi connectivity index (χ1n) is 4.84. The van der Waals surface area contributed by atoms with Crippen LogP contribution in [-0.2, 0) is 0 Å². The average molecular weight is 171 g/mol. The Balaban J connectivity index is 1.96. The Morgan fingerprint density at radius 2 is 1.92 bits per heavy atom. The van der Waals surface area contributed by atoms with Crippen LogP contribution in [0.4, 0.5) is 0 Å². The fraction of sp³-hybridized carbons (Fsp3) is 1.00. The molecule has 0 atom stereocenters. The fourth-order valence-electron chi connectivity index (χ4n) is 1.11. The summed E-state index contributed by atoms with van der Waals surface area (Å²) in [5, 5.41) is 12.8. The SMILES string of the molecule is CC(C)(C)CCNCC1(O)CC1. The van der Waals surface area contributed by atoms with Crippen molar-refractivity contribution in [2.45, 2.75) is 45.6 Å². The summed E-state index contributed by atoms with van der Waals surface area (Å²) in [7, 11) is 0. The topological polar surface area (TPSA) is 32.3 Å². The van der Waals surface area contributed by atoms with E-state index in [-0.39, 0.29) is 5.60 Å². The van der Waals surface area contributed by atoms with Gasteiger partial charge >= 0.3 is 0 Å². The van der Waals surface area contributed by atoms with Crippen LogP contribution in [0.15, 0.2) is 0 Å². The van der Waals surface area contributed by atoms with Crippen LogP contribution in [0.25, 0.3) is 0 Å². The highest BCUT2D eigenvalue weighted by atomic mass is 16.3. The zero-order valence-electron chi connectivity index (χ0n) is 8.48. The van der Waals surface area contributed by atoms with E-state index in [1.807, 2.05) is 0 Å². The Bertz CT molecular complexity index is 137. The lowest BCUT2D eigenvalue weighted by Crippen LogP contribution is -2.30. The van der Waals surface area contributed by atoms with Crippen LogP contribution in [0.1, 0.15) is 40.0 Å². The van der Waals surface area contributed by atoms with Gasteiger partial charge in [0.15, 0.2) is 0 Å². The third-order valence-corrected chi connectivity index (χ3v) is 2.33. The third-order valence-electron chi connectivity index (χ3n) is 2.33. The second-order valence-corrected chi connectivity index (χ2v) is 5.21. The molecule has 0 aromatic carbocycles. The van der Waals surface area contributed by atoms with E-state index in [1.54, 1.807) is 0 Å². The maximum absolute atomic E-state index is 9.50. The van der Waals surface area contributed by atoms with E-state index in [9.17, 15) is 5.11 Å². The molecule has 0 aromatic heterocycles. The second kappa shape index (κ2) is 3.35. The quantitative estimate of drug-likeness (QED) is 0.629. The minimum Gasteiger partial charge on any atom is -0.389 e. The Kier molecular flexibility index (Phi) is 2.79. The zero-order chi connectivity index (χ0) is 9.24. The monoisotopic (exact) mass is 171 g/mol. The lowest BCUT2D eigenvalue weighted by Gasteiger charge is -2.18. The number of hydrogen-bond acceptors (Lipinski definition) is 2. The molecule has 0 radical (unpaired) electrons. The van der Waals surface area contributed by atoms with Crippen molar-refractivity contribution in [1.29, 1.82) is 0 Å². The summed E-state index contributed by atoms with van der Waals surface area (Å²) in [5.41, 5.74) is 0.0665. The van der Waals surface area contributed by atoms with Gasteiger partial charge in [0.05, 0.1) is 5.60 Å². The van der Waals surface area contributed by atoms with Gasteiger partial charge < -0.3 is 10.4 Å². The molecule has 0 aliphatic heterocycles. The third kappa shape index (κ3) is 4.07. The van der Waals surface area contributed by atoms with Crippen molar-refractivity contribution in [2.75, 3.05) is 13.1 Å². The number of hydrogen-bond donors (Lipinski definition) is 2. The van der Waals surface area contributed by atoms with Crippen LogP contribution < -0.4 is 5.32 Å². The number of aliphatic hydroxyl groups is 1. The van der Waals surface area contributed by atoms with E-state index in [1.165, 1.54) is 6.42 Å². The Hall–Kier alpha value is -0.0800. The van der Waals surface area contributed by atoms with Crippen molar-refractivity contribution < 1.29 is 5.11 Å². The van der Waals surface area contributed by atoms with Gasteiger partial charge in [0.1, 0.15) is 0 Å². The summed E-state index contributed by atoms with van der Waals surface area (Å²) < 4.78 is 0. The molecule has 2 heteroatoms. The van der Waals surface area contributed by atoms with Crippen molar-refractivity contribution in [3.05, 3.63) is 0 Å². The number of rotatable bonds is 4. The molecule has 0 heterocycles. The molecule has 12 heavy (non-hydrogen) atoms. The molecule has 1 saturated carbocycles. The molecule has 0 bridgehead atoms. The first-order chi connectivity index (χ1) is 5.41. The highest BCUT2D eigenvalue weighted by molar-refractivity contribution is 4.95. The van der Waals surface area contributed by atoms with Gasteiger partial charge in [0.2, 0.25) is 0 Å². The van der Waals surface area contributed by atoms with E-state index in [4.69, 9.17) is 0 Å². The van der Waals surface area contributed by atoms with Crippen molar-refractivity contribution in [1.82, 2.24) is 5.32 Å². The molecule has 0 unspecified atom stereocenters. The predicted octanol–water partition coefficient (Wildman–Crippen LogP) is 1.54. The highest BCUT2D eigenvalue weighted by Gasteiger charge is 2.39. The molecule has 1 fully saturated rings. The van der Waals surface area contributed by atoms with Crippen molar-refractivity contribution in [3.63, 3.8) is 0 Å². The minimum absolute atomic E-state index is 0.335. The van der Waals surface area contributed by atoms with Gasteiger partial charge in [0, 0.05) is 6.54 Å². The molecular formula is C10H21NO. The molecule has 1 aliphatic carbocycles. The standard InChI is InChI=1S/C10H21NO/c1-9(2,3)6-7-11-8-10(12)4-5-10/h11-12H,4-8H2,1-3H3. The molecule has 1 aliphatic rings. The van der Waals surface area contributed by atoms with Gasteiger partial charge in [-0.3, -0.25) is 0 Å². The molecule has 0 aromatic rings. The Labute approximate surface area is 75.4 Å². The van der Waals surface area contributed by atoms with E-state index in [0.717, 1.165) is 25.9 Å². The fourth-order valence-corrected chi connectivity index (χ4v) is 1.11. The van der Waals surface area contributed by atoms with E-state index < -0.39 is 0 Å². The second-order valence-electron chi connectivity index (χ2n) is 5.21. The Morgan fingerprint density at radius 3 is 2.33 bits per heavy atom. The van der Waals surface area contributed by atoms with Gasteiger partial charge in [-0.1, -0.05) is 20.8 Å². The summed E-state index contributed by atoms with van der Waals surface area (Å²) in [6.45, 7) is 8.51. The number of nitrogens with one attached hydrogen (secondary N) is 1. The highest BCUT2D eigenvalue weighted by Crippen LogP contribution is 2.33. The lowest BCUT2D eigenvalue weighted by molar-refractivity contribution is 0.146. The maximum atomic E-state index is 9.50. The van der Waals surface area contributed by atoms with Crippen LogP contribution >= 0.6 is 0 Å². The van der Waals surface area contributed by atoms with Crippen molar-refractivity contribution in [3.8, 4) is 0 Å². The Morgan fingerprint density at radius 1 is 1.33 bits per heavy atom. The van der Waals surface area contributed by atoms with E-state index >= 15 is 0 Å². The van der Waals surface area contributed by atoms with Crippen LogP contribution in [-0.4, -0.2) is 23.8 Å². The normalized spacial score (nSPS) is 21.0. The zero-order valence-corrected chi connectivity index (χ0v) is 8.48. The summed E-state index contributed by atoms with van der Waals surface area (Å²) in [4.78, 5) is 0. The van der Waals surface area contributed by atoms with Gasteiger partial charge in [-0.15, -0.1) is 0 Å². The molecule has 2 nitrogen and oxygen atoms in total. The summed E-state index contributed by atoms with van der Waals surface area (Å²) in [5.74, 6) is 0. The van der Waals surface area contributed by atoms with Crippen molar-refractivity contribution >= 4 is 0 Å². The van der Waals surface area contributed by atoms with Crippen LogP contribution in [0.3, 0.4) is 0 Å². The van der Waals surface area contributed by atoms with Gasteiger partial charge in [-0.25, -0.2) is 0 Å². The molecule has 1 rings (SSSR count). The molecule has 0 spiro atoms. The first kappa shape index (κ1) is 10.0. The smallest absolute Gasteiger partial charge is 0.0773 e. The largest absolute Gasteiger partial charge is 0.389 e. The molecule has 0 saturated heterocycles. The summed E-state index contributed by atoms with van der Waals surface area (Å²) >= 11 is 0. The van der Waals surface area contributed by atoms with Crippen molar-refractivity contribution in [2.24, 2.45) is 5.41 Å². The van der Waals surface area contributed by atoms with Gasteiger partial charge in [-0.05, 0) is 31.2 Å². The van der Waals surface area contributed by atoms with Crippen LogP contribution in [0, 0.1) is 5.41 Å². The van der Waals surface area contributed by atoms with Crippen LogP contribution in [0.5, 0.6) is 0 Å². The molecule has 0 amide bonds. The predicted molar refractivity (Wildman–Crippen MR) is 51.1 cm³/mol. The van der Waals surface area contributed by atoms with E-state index in [0.29, 0.717) is 5.41 Å². The molecular weight excluding hydrogens is 150 g/mol. The van der Waals surface area contributed by atoms with E-state index in [2.05, 4.69) is 26.1 Å². The summed E-state index contributed by atoms with van der Waals surface area (Å²) in [6, 6.07) is 0. The summed E-state index contributed by atoms with van der Waals surface area (Å²) in [6.07, 6.45) is 3.13. The molecule has 72 valence electrons. The molecule has 2 N–H and O–H groups in total. The maximum Gasteiger partial charge on any atom is 0.0773 e. The lowest BCUT2D eigenvalue weighted by atomic mass is 9.92. The van der Waals surface area contributed by atoms with Gasteiger partial charge in [-0.2, -0.15) is 0 Å². The van der Waals surface area contributed by atoms with Gasteiger partial charge in [0.25, 0.3) is 0 Å². The minimum atomic E-state index is -0.335. The van der Waals surface area contributed by atoms with Crippen LogP contribution in [0.2, 0.25) is 0 Å². The first-order valence-corrected chi connectivity index (χ1v) is 4.84. The average Bonchev–Trinajstić information content (AvgIpc) is 2.60.